The topological polar surface area (TPSA) is 37.7 Å². The first-order valence-electron chi connectivity index (χ1n) is 8.99. The van der Waals surface area contributed by atoms with Gasteiger partial charge in [-0.2, -0.15) is 0 Å². The molecule has 0 spiro atoms. The van der Waals surface area contributed by atoms with Gasteiger partial charge in [0.2, 0.25) is 0 Å². The molecule has 4 nitrogen and oxygen atoms in total. The summed E-state index contributed by atoms with van der Waals surface area (Å²) in [6.45, 7) is 4.47. The maximum Gasteiger partial charge on any atom is 0.0694 e. The maximum absolute atomic E-state index is 5.43. The fourth-order valence-electron chi connectivity index (χ4n) is 3.40. The van der Waals surface area contributed by atoms with Crippen molar-refractivity contribution in [2.75, 3.05) is 37.7 Å². The summed E-state index contributed by atoms with van der Waals surface area (Å²) < 4.78 is 5.43. The number of morpholine rings is 1. The molecular formula is C21H23N3O. The number of pyridine rings is 1. The summed E-state index contributed by atoms with van der Waals surface area (Å²) in [4.78, 5) is 11.4. The van der Waals surface area contributed by atoms with Crippen LogP contribution in [0.3, 0.4) is 0 Å². The number of hydrogen-bond acceptors (Lipinski definition) is 4. The second-order valence-corrected chi connectivity index (χ2v) is 6.44. The van der Waals surface area contributed by atoms with Crippen LogP contribution in [0.5, 0.6) is 0 Å². The molecule has 128 valence electrons. The first kappa shape index (κ1) is 16.0. The average Bonchev–Trinajstić information content (AvgIpc) is 2.70. The van der Waals surface area contributed by atoms with Gasteiger partial charge < -0.3 is 9.64 Å². The molecule has 2 aliphatic rings. The highest BCUT2D eigenvalue weighted by molar-refractivity contribution is 6.15. The lowest BCUT2D eigenvalue weighted by Gasteiger charge is -2.28. The fourth-order valence-corrected chi connectivity index (χ4v) is 3.40. The summed E-state index contributed by atoms with van der Waals surface area (Å²) in [6, 6.07) is 12.9. The van der Waals surface area contributed by atoms with E-state index in [9.17, 15) is 0 Å². The Morgan fingerprint density at radius 2 is 1.88 bits per heavy atom. The van der Waals surface area contributed by atoms with Gasteiger partial charge in [0.05, 0.1) is 18.9 Å². The smallest absolute Gasteiger partial charge is 0.0694 e. The van der Waals surface area contributed by atoms with E-state index in [0.29, 0.717) is 0 Å². The van der Waals surface area contributed by atoms with Gasteiger partial charge in [-0.25, -0.2) is 0 Å². The molecule has 0 unspecified atom stereocenters. The minimum atomic E-state index is 0.816. The average molecular weight is 333 g/mol. The summed E-state index contributed by atoms with van der Waals surface area (Å²) in [5.41, 5.74) is 6.01. The molecule has 0 radical (unpaired) electrons. The van der Waals surface area contributed by atoms with Crippen LogP contribution in [-0.4, -0.2) is 43.5 Å². The van der Waals surface area contributed by atoms with Crippen LogP contribution in [0, 0.1) is 0 Å². The van der Waals surface area contributed by atoms with Gasteiger partial charge in [0.15, 0.2) is 0 Å². The van der Waals surface area contributed by atoms with E-state index in [-0.39, 0.29) is 0 Å². The molecule has 2 aliphatic heterocycles. The largest absolute Gasteiger partial charge is 0.378 e. The van der Waals surface area contributed by atoms with Crippen molar-refractivity contribution in [1.29, 1.82) is 0 Å². The molecule has 0 N–H and O–H groups in total. The lowest BCUT2D eigenvalue weighted by molar-refractivity contribution is 0.122. The van der Waals surface area contributed by atoms with Gasteiger partial charge in [-0.1, -0.05) is 12.1 Å². The number of hydrogen-bond donors (Lipinski definition) is 0. The molecule has 0 bridgehead atoms. The predicted molar refractivity (Wildman–Crippen MR) is 102 cm³/mol. The quantitative estimate of drug-likeness (QED) is 0.861. The molecule has 1 aromatic heterocycles. The minimum absolute atomic E-state index is 0.816. The van der Waals surface area contributed by atoms with E-state index in [2.05, 4.69) is 46.3 Å². The Kier molecular flexibility index (Phi) is 4.89. The summed E-state index contributed by atoms with van der Waals surface area (Å²) in [5.74, 6) is 0. The Bertz CT molecular complexity index is 759. The number of aliphatic imine (C=N–C) groups is 1. The number of nitrogens with zero attached hydrogens (tertiary/aromatic N) is 3. The third kappa shape index (κ3) is 3.80. The van der Waals surface area contributed by atoms with Gasteiger partial charge in [0.1, 0.15) is 0 Å². The number of anilines is 1. The molecule has 25 heavy (non-hydrogen) atoms. The van der Waals surface area contributed by atoms with Gasteiger partial charge in [-0.3, -0.25) is 9.98 Å². The second kappa shape index (κ2) is 7.62. The standard InChI is InChI=1S/C21H23N3O/c1-4-19(16-22-9-1)21-18(3-2-10-23-21)15-17-5-7-20(8-6-17)24-11-13-25-14-12-24/h1,4-9,15-16H,2-3,10-14H2/b18-15+. The highest BCUT2D eigenvalue weighted by Crippen LogP contribution is 2.23. The number of rotatable bonds is 3. The van der Waals surface area contributed by atoms with E-state index in [1.807, 2.05) is 12.3 Å². The monoisotopic (exact) mass is 333 g/mol. The molecule has 0 saturated carbocycles. The molecular weight excluding hydrogens is 310 g/mol. The first-order chi connectivity index (χ1) is 12.4. The summed E-state index contributed by atoms with van der Waals surface area (Å²) in [6.07, 6.45) is 8.16. The zero-order valence-electron chi connectivity index (χ0n) is 14.4. The van der Waals surface area contributed by atoms with Crippen LogP contribution in [0.1, 0.15) is 24.0 Å². The van der Waals surface area contributed by atoms with Crippen LogP contribution in [0.2, 0.25) is 0 Å². The molecule has 0 amide bonds. The number of ether oxygens (including phenoxy) is 1. The highest BCUT2D eigenvalue weighted by Gasteiger charge is 2.15. The van der Waals surface area contributed by atoms with E-state index in [0.717, 1.165) is 57.0 Å². The molecule has 1 saturated heterocycles. The Morgan fingerprint density at radius 1 is 1.04 bits per heavy atom. The van der Waals surface area contributed by atoms with E-state index in [4.69, 9.17) is 9.73 Å². The second-order valence-electron chi connectivity index (χ2n) is 6.44. The molecule has 4 rings (SSSR count). The molecule has 1 aromatic carbocycles. The normalized spacial score (nSPS) is 19.8. The molecule has 1 fully saturated rings. The highest BCUT2D eigenvalue weighted by atomic mass is 16.5. The van der Waals surface area contributed by atoms with Crippen LogP contribution in [0.15, 0.2) is 59.4 Å². The third-order valence-corrected chi connectivity index (χ3v) is 4.72. The van der Waals surface area contributed by atoms with Crippen LogP contribution < -0.4 is 4.90 Å². The Balaban J connectivity index is 1.56. The van der Waals surface area contributed by atoms with Crippen molar-refractivity contribution in [3.05, 3.63) is 65.5 Å². The van der Waals surface area contributed by atoms with Crippen molar-refractivity contribution in [2.45, 2.75) is 12.8 Å². The SMILES string of the molecule is C(=C1/CCCN=C1c1cccnc1)/c1ccc(N2CCOCC2)cc1. The van der Waals surface area contributed by atoms with E-state index >= 15 is 0 Å². The molecule has 4 heteroatoms. The van der Waals surface area contributed by atoms with Crippen LogP contribution in [0.4, 0.5) is 5.69 Å². The Hall–Kier alpha value is -2.46. The van der Waals surface area contributed by atoms with Crippen LogP contribution in [0.25, 0.3) is 6.08 Å². The van der Waals surface area contributed by atoms with Gasteiger partial charge in [-0.15, -0.1) is 0 Å². The Morgan fingerprint density at radius 3 is 2.64 bits per heavy atom. The minimum Gasteiger partial charge on any atom is -0.378 e. The summed E-state index contributed by atoms with van der Waals surface area (Å²) in [5, 5.41) is 0. The van der Waals surface area contributed by atoms with E-state index < -0.39 is 0 Å². The molecule has 2 aromatic rings. The van der Waals surface area contributed by atoms with E-state index in [1.54, 1.807) is 6.20 Å². The number of aromatic nitrogens is 1. The maximum atomic E-state index is 5.43. The van der Waals surface area contributed by atoms with Gasteiger partial charge in [0, 0.05) is 43.3 Å². The van der Waals surface area contributed by atoms with Gasteiger partial charge >= 0.3 is 0 Å². The zero-order chi connectivity index (χ0) is 16.9. The summed E-state index contributed by atoms with van der Waals surface area (Å²) >= 11 is 0. The van der Waals surface area contributed by atoms with Gasteiger partial charge in [-0.05, 0) is 54.3 Å². The van der Waals surface area contributed by atoms with Crippen molar-refractivity contribution in [2.24, 2.45) is 4.99 Å². The lowest BCUT2D eigenvalue weighted by atomic mass is 9.95. The predicted octanol–water partition coefficient (Wildman–Crippen LogP) is 3.58. The molecule has 3 heterocycles. The van der Waals surface area contributed by atoms with Crippen molar-refractivity contribution in [3.63, 3.8) is 0 Å². The van der Waals surface area contributed by atoms with Crippen molar-refractivity contribution in [1.82, 2.24) is 4.98 Å². The third-order valence-electron chi connectivity index (χ3n) is 4.72. The van der Waals surface area contributed by atoms with Crippen LogP contribution >= 0.6 is 0 Å². The number of benzene rings is 1. The van der Waals surface area contributed by atoms with Crippen LogP contribution in [-0.2, 0) is 4.74 Å². The van der Waals surface area contributed by atoms with E-state index in [1.165, 1.54) is 16.8 Å². The molecule has 0 atom stereocenters. The van der Waals surface area contributed by atoms with Crippen molar-refractivity contribution >= 4 is 17.5 Å². The fraction of sp³-hybridized carbons (Fsp3) is 0.333. The lowest BCUT2D eigenvalue weighted by Crippen LogP contribution is -2.36. The van der Waals surface area contributed by atoms with Gasteiger partial charge in [0.25, 0.3) is 0 Å². The Labute approximate surface area is 148 Å². The zero-order valence-corrected chi connectivity index (χ0v) is 14.4. The molecule has 0 aliphatic carbocycles. The first-order valence-corrected chi connectivity index (χ1v) is 8.99. The number of allylic oxidation sites excluding steroid dienone is 1. The van der Waals surface area contributed by atoms with Crippen molar-refractivity contribution in [3.8, 4) is 0 Å². The summed E-state index contributed by atoms with van der Waals surface area (Å²) in [7, 11) is 0. The van der Waals surface area contributed by atoms with Crippen molar-refractivity contribution < 1.29 is 4.74 Å².